The highest BCUT2D eigenvalue weighted by molar-refractivity contribution is 7.92. The fourth-order valence-electron chi connectivity index (χ4n) is 2.62. The van der Waals surface area contributed by atoms with Crippen LogP contribution in [0.25, 0.3) is 0 Å². The van der Waals surface area contributed by atoms with Crippen molar-refractivity contribution >= 4 is 9.84 Å². The Morgan fingerprint density at radius 1 is 1.15 bits per heavy atom. The van der Waals surface area contributed by atoms with Crippen LogP contribution in [0.2, 0.25) is 0 Å². The van der Waals surface area contributed by atoms with Crippen molar-refractivity contribution in [1.29, 1.82) is 0 Å². The summed E-state index contributed by atoms with van der Waals surface area (Å²) in [4.78, 5) is 0. The quantitative estimate of drug-likeness (QED) is 0.833. The van der Waals surface area contributed by atoms with Crippen molar-refractivity contribution in [2.24, 2.45) is 0 Å². The highest BCUT2D eigenvalue weighted by Gasteiger charge is 2.34. The average molecular weight is 304 g/mol. The Bertz CT molecular complexity index is 534. The maximum atomic E-state index is 12.4. The first-order valence-electron chi connectivity index (χ1n) is 6.68. The Morgan fingerprint density at radius 2 is 1.70 bits per heavy atom. The van der Waals surface area contributed by atoms with Gasteiger partial charge in [-0.25, -0.2) is 8.42 Å². The number of sulfone groups is 1. The summed E-state index contributed by atoms with van der Waals surface area (Å²) >= 11 is 0. The molecular weight excluding hydrogens is 286 g/mol. The zero-order valence-corrected chi connectivity index (χ0v) is 12.1. The number of benzene rings is 1. The van der Waals surface area contributed by atoms with Crippen molar-refractivity contribution < 1.29 is 21.9 Å². The normalized spacial score (nSPS) is 18.4. The van der Waals surface area contributed by atoms with Crippen molar-refractivity contribution in [1.82, 2.24) is 0 Å². The van der Waals surface area contributed by atoms with Crippen LogP contribution in [0.15, 0.2) is 24.3 Å². The van der Waals surface area contributed by atoms with Crippen LogP contribution in [-0.4, -0.2) is 20.3 Å². The second-order valence-corrected chi connectivity index (χ2v) is 7.64. The predicted octanol–water partition coefficient (Wildman–Crippen LogP) is 3.71. The predicted molar refractivity (Wildman–Crippen MR) is 72.7 cm³/mol. The van der Waals surface area contributed by atoms with Gasteiger partial charge in [0.25, 0.3) is 0 Å². The Hall–Kier alpha value is -1.17. The summed E-state index contributed by atoms with van der Waals surface area (Å²) in [6, 6.07) is 5.83. The molecule has 1 aliphatic rings. The minimum atomic E-state index is -3.22. The third-order valence-corrected chi connectivity index (χ3v) is 6.49. The molecule has 1 unspecified atom stereocenters. The molecule has 0 aliphatic heterocycles. The van der Waals surface area contributed by atoms with Gasteiger partial charge in [-0.3, -0.25) is 0 Å². The summed E-state index contributed by atoms with van der Waals surface area (Å²) in [6.45, 7) is -1.23. The molecule has 112 valence electrons. The number of hydrogen-bond acceptors (Lipinski definition) is 3. The first kappa shape index (κ1) is 15.2. The Balaban J connectivity index is 2.14. The number of hydrogen-bond donors (Lipinski definition) is 0. The summed E-state index contributed by atoms with van der Waals surface area (Å²) in [5.74, 6) is 0.0363. The van der Waals surface area contributed by atoms with Gasteiger partial charge in [-0.05, 0) is 37.5 Å². The molecule has 1 aromatic rings. The molecule has 0 heterocycles. The minimum absolute atomic E-state index is 0.0363. The van der Waals surface area contributed by atoms with E-state index in [0.717, 1.165) is 25.7 Å². The lowest BCUT2D eigenvalue weighted by atomic mass is 10.1. The Morgan fingerprint density at radius 3 is 2.20 bits per heavy atom. The van der Waals surface area contributed by atoms with Gasteiger partial charge < -0.3 is 4.74 Å². The van der Waals surface area contributed by atoms with E-state index in [1.807, 2.05) is 0 Å². The largest absolute Gasteiger partial charge is 0.435 e. The molecule has 0 N–H and O–H groups in total. The van der Waals surface area contributed by atoms with Crippen LogP contribution in [0.5, 0.6) is 5.75 Å². The molecule has 1 saturated carbocycles. The van der Waals surface area contributed by atoms with E-state index in [9.17, 15) is 17.2 Å². The fraction of sp³-hybridized carbons (Fsp3) is 0.571. The maximum absolute atomic E-state index is 12.4. The van der Waals surface area contributed by atoms with E-state index in [4.69, 9.17) is 0 Å². The van der Waals surface area contributed by atoms with Gasteiger partial charge in [0.1, 0.15) is 5.75 Å². The van der Waals surface area contributed by atoms with Crippen LogP contribution < -0.4 is 4.74 Å². The van der Waals surface area contributed by atoms with Crippen molar-refractivity contribution in [3.8, 4) is 5.75 Å². The van der Waals surface area contributed by atoms with Crippen LogP contribution in [0.3, 0.4) is 0 Å². The van der Waals surface area contributed by atoms with E-state index in [2.05, 4.69) is 4.74 Å². The van der Waals surface area contributed by atoms with Crippen molar-refractivity contribution in [3.63, 3.8) is 0 Å². The summed E-state index contributed by atoms with van der Waals surface area (Å²) in [6.07, 6.45) is 3.36. The molecule has 1 aromatic carbocycles. The SMILES string of the molecule is CC(c1ccc(OC(F)F)cc1)S(=O)(=O)C1CCCC1. The molecule has 0 saturated heterocycles. The summed E-state index contributed by atoms with van der Waals surface area (Å²) in [7, 11) is -3.22. The van der Waals surface area contributed by atoms with Crippen molar-refractivity contribution in [2.45, 2.75) is 49.7 Å². The molecular formula is C14H18F2O3S. The first-order chi connectivity index (χ1) is 9.41. The molecule has 2 rings (SSSR count). The van der Waals surface area contributed by atoms with E-state index in [0.29, 0.717) is 5.56 Å². The minimum Gasteiger partial charge on any atom is -0.435 e. The van der Waals surface area contributed by atoms with Crippen LogP contribution in [0.1, 0.15) is 43.4 Å². The number of ether oxygens (including phenoxy) is 1. The van der Waals surface area contributed by atoms with Gasteiger partial charge in [-0.15, -0.1) is 0 Å². The molecule has 1 atom stereocenters. The van der Waals surface area contributed by atoms with Gasteiger partial charge in [0.15, 0.2) is 9.84 Å². The molecule has 1 aliphatic carbocycles. The molecule has 0 spiro atoms. The zero-order valence-electron chi connectivity index (χ0n) is 11.3. The summed E-state index contributed by atoms with van der Waals surface area (Å²) < 4.78 is 53.3. The Labute approximate surface area is 117 Å². The van der Waals surface area contributed by atoms with Crippen LogP contribution in [-0.2, 0) is 9.84 Å². The molecule has 0 aromatic heterocycles. The molecule has 6 heteroatoms. The molecule has 3 nitrogen and oxygen atoms in total. The van der Waals surface area contributed by atoms with E-state index in [1.165, 1.54) is 24.3 Å². The van der Waals surface area contributed by atoms with Crippen LogP contribution >= 0.6 is 0 Å². The average Bonchev–Trinajstić information content (AvgIpc) is 2.92. The second kappa shape index (κ2) is 6.08. The van der Waals surface area contributed by atoms with Gasteiger partial charge >= 0.3 is 6.61 Å². The molecule has 0 bridgehead atoms. The molecule has 20 heavy (non-hydrogen) atoms. The standard InChI is InChI=1S/C14H18F2O3S/c1-10(20(17,18)13-4-2-3-5-13)11-6-8-12(9-7-11)19-14(15)16/h6-10,13-14H,2-5H2,1H3. The van der Waals surface area contributed by atoms with Crippen LogP contribution in [0.4, 0.5) is 8.78 Å². The second-order valence-electron chi connectivity index (χ2n) is 5.09. The van der Waals surface area contributed by atoms with E-state index >= 15 is 0 Å². The smallest absolute Gasteiger partial charge is 0.387 e. The molecule has 1 fully saturated rings. The maximum Gasteiger partial charge on any atom is 0.387 e. The first-order valence-corrected chi connectivity index (χ1v) is 8.29. The lowest BCUT2D eigenvalue weighted by Gasteiger charge is -2.18. The summed E-state index contributed by atoms with van der Waals surface area (Å²) in [5.41, 5.74) is 0.610. The zero-order chi connectivity index (χ0) is 14.8. The monoisotopic (exact) mass is 304 g/mol. The van der Waals surface area contributed by atoms with E-state index < -0.39 is 21.7 Å². The Kier molecular flexibility index (Phi) is 4.62. The third-order valence-electron chi connectivity index (χ3n) is 3.83. The van der Waals surface area contributed by atoms with Gasteiger partial charge in [-0.1, -0.05) is 25.0 Å². The van der Waals surface area contributed by atoms with Gasteiger partial charge in [0.05, 0.1) is 10.5 Å². The lowest BCUT2D eigenvalue weighted by Crippen LogP contribution is -2.23. The highest BCUT2D eigenvalue weighted by atomic mass is 32.2. The van der Waals surface area contributed by atoms with Crippen molar-refractivity contribution in [2.75, 3.05) is 0 Å². The summed E-state index contributed by atoms with van der Waals surface area (Å²) in [5, 5.41) is -0.888. The third kappa shape index (κ3) is 3.29. The topological polar surface area (TPSA) is 43.4 Å². The van der Waals surface area contributed by atoms with Crippen molar-refractivity contribution in [3.05, 3.63) is 29.8 Å². The number of rotatable bonds is 5. The van der Waals surface area contributed by atoms with E-state index in [1.54, 1.807) is 6.92 Å². The number of halogens is 2. The van der Waals surface area contributed by atoms with E-state index in [-0.39, 0.29) is 11.0 Å². The molecule has 0 radical (unpaired) electrons. The number of alkyl halides is 2. The van der Waals surface area contributed by atoms with Gasteiger partial charge in [-0.2, -0.15) is 8.78 Å². The van der Waals surface area contributed by atoms with Crippen LogP contribution in [0, 0.1) is 0 Å². The fourth-order valence-corrected chi connectivity index (χ4v) is 4.72. The van der Waals surface area contributed by atoms with Gasteiger partial charge in [0, 0.05) is 0 Å². The van der Waals surface area contributed by atoms with Gasteiger partial charge in [0.2, 0.25) is 0 Å². The highest BCUT2D eigenvalue weighted by Crippen LogP contribution is 2.34. The molecule has 0 amide bonds. The lowest BCUT2D eigenvalue weighted by molar-refractivity contribution is -0.0498.